The zero-order chi connectivity index (χ0) is 19.8. The Morgan fingerprint density at radius 1 is 0.667 bits per heavy atom. The van der Waals surface area contributed by atoms with E-state index in [2.05, 4.69) is 0 Å². The Morgan fingerprint density at radius 3 is 1.96 bits per heavy atom. The Kier molecular flexibility index (Phi) is 4.84. The van der Waals surface area contributed by atoms with Crippen LogP contribution in [0.15, 0.2) is 86.3 Å². The molecule has 27 heavy (non-hydrogen) atoms. The lowest BCUT2D eigenvalue weighted by molar-refractivity contribution is 0.458. The van der Waals surface area contributed by atoms with E-state index in [9.17, 15) is 21.9 Å². The van der Waals surface area contributed by atoms with Gasteiger partial charge in [-0.2, -0.15) is 0 Å². The standard InChI is InChI=1S/C20H18O5S2/c1-14-8-9-15(2)19(12-14)27(24,25)17-10-11-18(21)20(13-17)26(22,23)16-6-4-3-5-7-16/h3-13,21H,1-2H3. The summed E-state index contributed by atoms with van der Waals surface area (Å²) < 4.78 is 51.8. The average Bonchev–Trinajstić information content (AvgIpc) is 2.64. The number of benzene rings is 3. The second kappa shape index (κ2) is 6.83. The maximum absolute atomic E-state index is 13.1. The van der Waals surface area contributed by atoms with Gasteiger partial charge in [-0.05, 0) is 61.4 Å². The molecule has 3 rings (SSSR count). The number of rotatable bonds is 4. The molecule has 0 aromatic heterocycles. The third kappa shape index (κ3) is 3.48. The summed E-state index contributed by atoms with van der Waals surface area (Å²) >= 11 is 0. The van der Waals surface area contributed by atoms with Crippen LogP contribution in [0, 0.1) is 13.8 Å². The topological polar surface area (TPSA) is 88.5 Å². The highest BCUT2D eigenvalue weighted by Crippen LogP contribution is 2.33. The number of aryl methyl sites for hydroxylation is 2. The molecular formula is C20H18O5S2. The summed E-state index contributed by atoms with van der Waals surface area (Å²) in [5.74, 6) is -0.501. The lowest BCUT2D eigenvalue weighted by Gasteiger charge is -2.12. The van der Waals surface area contributed by atoms with Gasteiger partial charge in [0.05, 0.1) is 14.7 Å². The van der Waals surface area contributed by atoms with Gasteiger partial charge in [-0.15, -0.1) is 0 Å². The number of phenols is 1. The normalized spacial score (nSPS) is 12.1. The molecule has 0 heterocycles. The molecule has 5 nitrogen and oxygen atoms in total. The molecule has 1 N–H and O–H groups in total. The van der Waals surface area contributed by atoms with E-state index in [4.69, 9.17) is 0 Å². The summed E-state index contributed by atoms with van der Waals surface area (Å²) in [6.45, 7) is 3.45. The van der Waals surface area contributed by atoms with Crippen LogP contribution < -0.4 is 0 Å². The number of hydrogen-bond acceptors (Lipinski definition) is 5. The Morgan fingerprint density at radius 2 is 1.30 bits per heavy atom. The summed E-state index contributed by atoms with van der Waals surface area (Å²) in [5.41, 5.74) is 1.33. The van der Waals surface area contributed by atoms with E-state index in [1.807, 2.05) is 0 Å². The van der Waals surface area contributed by atoms with E-state index in [0.717, 1.165) is 17.7 Å². The zero-order valence-corrected chi connectivity index (χ0v) is 16.4. The summed E-state index contributed by atoms with van der Waals surface area (Å²) in [5, 5.41) is 10.1. The van der Waals surface area contributed by atoms with Crippen LogP contribution in [0.1, 0.15) is 11.1 Å². The van der Waals surface area contributed by atoms with Crippen molar-refractivity contribution in [1.29, 1.82) is 0 Å². The summed E-state index contributed by atoms with van der Waals surface area (Å²) in [7, 11) is -8.02. The van der Waals surface area contributed by atoms with Crippen LogP contribution in [0.25, 0.3) is 0 Å². The molecule has 0 unspecified atom stereocenters. The van der Waals surface area contributed by atoms with Crippen LogP contribution in [0.4, 0.5) is 0 Å². The summed E-state index contributed by atoms with van der Waals surface area (Å²) in [4.78, 5) is -0.554. The molecule has 0 radical (unpaired) electrons. The predicted octanol–water partition coefficient (Wildman–Crippen LogP) is 3.67. The van der Waals surface area contributed by atoms with E-state index in [1.54, 1.807) is 50.2 Å². The van der Waals surface area contributed by atoms with Gasteiger partial charge in [0.2, 0.25) is 19.7 Å². The van der Waals surface area contributed by atoms with Crippen molar-refractivity contribution in [3.63, 3.8) is 0 Å². The van der Waals surface area contributed by atoms with Crippen LogP contribution >= 0.6 is 0 Å². The Labute approximate surface area is 158 Å². The number of hydrogen-bond donors (Lipinski definition) is 1. The van der Waals surface area contributed by atoms with Crippen molar-refractivity contribution in [2.45, 2.75) is 33.4 Å². The molecule has 0 saturated carbocycles. The van der Waals surface area contributed by atoms with Gasteiger partial charge in [0.15, 0.2) is 0 Å². The van der Waals surface area contributed by atoms with E-state index >= 15 is 0 Å². The molecule has 0 saturated heterocycles. The first kappa shape index (κ1) is 19.1. The lowest BCUT2D eigenvalue weighted by atomic mass is 10.2. The lowest BCUT2D eigenvalue weighted by Crippen LogP contribution is -2.08. The van der Waals surface area contributed by atoms with Crippen molar-refractivity contribution in [3.8, 4) is 5.75 Å². The fourth-order valence-electron chi connectivity index (χ4n) is 2.73. The summed E-state index contributed by atoms with van der Waals surface area (Å²) in [6.07, 6.45) is 0. The molecule has 0 aliphatic rings. The Bertz CT molecular complexity index is 1210. The Balaban J connectivity index is 2.21. The fourth-order valence-corrected chi connectivity index (χ4v) is 5.80. The monoisotopic (exact) mass is 402 g/mol. The van der Waals surface area contributed by atoms with E-state index < -0.39 is 30.3 Å². The van der Waals surface area contributed by atoms with E-state index in [-0.39, 0.29) is 14.7 Å². The van der Waals surface area contributed by atoms with Gasteiger partial charge >= 0.3 is 0 Å². The zero-order valence-electron chi connectivity index (χ0n) is 14.7. The highest BCUT2D eigenvalue weighted by Gasteiger charge is 2.26. The van der Waals surface area contributed by atoms with Crippen LogP contribution in [-0.2, 0) is 19.7 Å². The molecule has 0 aliphatic heterocycles. The summed E-state index contributed by atoms with van der Waals surface area (Å²) in [6, 6.07) is 15.9. The van der Waals surface area contributed by atoms with Crippen molar-refractivity contribution in [2.75, 3.05) is 0 Å². The first-order chi connectivity index (χ1) is 12.6. The molecule has 7 heteroatoms. The third-order valence-corrected chi connectivity index (χ3v) is 7.91. The molecule has 0 bridgehead atoms. The SMILES string of the molecule is Cc1ccc(C)c(S(=O)(=O)c2ccc(O)c(S(=O)(=O)c3ccccc3)c2)c1. The molecule has 0 atom stereocenters. The minimum atomic E-state index is -4.07. The minimum absolute atomic E-state index is 0.0263. The van der Waals surface area contributed by atoms with Crippen molar-refractivity contribution < 1.29 is 21.9 Å². The largest absolute Gasteiger partial charge is 0.507 e. The van der Waals surface area contributed by atoms with Gasteiger partial charge in [0, 0.05) is 0 Å². The fraction of sp³-hybridized carbons (Fsp3) is 0.100. The van der Waals surface area contributed by atoms with E-state index in [0.29, 0.717) is 5.56 Å². The first-order valence-electron chi connectivity index (χ1n) is 8.09. The molecule has 3 aromatic carbocycles. The molecular weight excluding hydrogens is 384 g/mol. The number of aromatic hydroxyl groups is 1. The second-order valence-corrected chi connectivity index (χ2v) is 10.1. The molecule has 0 amide bonds. The smallest absolute Gasteiger partial charge is 0.210 e. The average molecular weight is 402 g/mol. The molecule has 0 spiro atoms. The molecule has 140 valence electrons. The molecule has 0 fully saturated rings. The van der Waals surface area contributed by atoms with Crippen molar-refractivity contribution in [1.82, 2.24) is 0 Å². The third-order valence-electron chi connectivity index (χ3n) is 4.22. The first-order valence-corrected chi connectivity index (χ1v) is 11.1. The minimum Gasteiger partial charge on any atom is -0.507 e. The maximum Gasteiger partial charge on any atom is 0.210 e. The van der Waals surface area contributed by atoms with Crippen LogP contribution in [0.2, 0.25) is 0 Å². The van der Waals surface area contributed by atoms with Gasteiger partial charge in [0.25, 0.3) is 0 Å². The van der Waals surface area contributed by atoms with E-state index in [1.165, 1.54) is 18.2 Å². The second-order valence-electron chi connectivity index (χ2n) is 6.22. The van der Waals surface area contributed by atoms with Gasteiger partial charge in [-0.1, -0.05) is 30.3 Å². The number of sulfone groups is 2. The quantitative estimate of drug-likeness (QED) is 0.719. The van der Waals surface area contributed by atoms with Gasteiger partial charge in [0.1, 0.15) is 10.6 Å². The van der Waals surface area contributed by atoms with Crippen molar-refractivity contribution in [2.24, 2.45) is 0 Å². The Hall–Kier alpha value is -2.64. The predicted molar refractivity (Wildman–Crippen MR) is 101 cm³/mol. The van der Waals surface area contributed by atoms with Crippen molar-refractivity contribution >= 4 is 19.7 Å². The molecule has 3 aromatic rings. The highest BCUT2D eigenvalue weighted by molar-refractivity contribution is 7.92. The van der Waals surface area contributed by atoms with Crippen LogP contribution in [0.3, 0.4) is 0 Å². The van der Waals surface area contributed by atoms with Crippen LogP contribution in [0.5, 0.6) is 5.75 Å². The van der Waals surface area contributed by atoms with Gasteiger partial charge in [-0.3, -0.25) is 0 Å². The van der Waals surface area contributed by atoms with Crippen LogP contribution in [-0.4, -0.2) is 21.9 Å². The maximum atomic E-state index is 13.1. The molecule has 0 aliphatic carbocycles. The highest BCUT2D eigenvalue weighted by atomic mass is 32.2. The van der Waals surface area contributed by atoms with Crippen molar-refractivity contribution in [3.05, 3.63) is 77.9 Å². The van der Waals surface area contributed by atoms with Gasteiger partial charge in [-0.25, -0.2) is 16.8 Å². The van der Waals surface area contributed by atoms with Gasteiger partial charge < -0.3 is 5.11 Å². The number of phenolic OH excluding ortho intramolecular Hbond substituents is 1.